The van der Waals surface area contributed by atoms with Gasteiger partial charge in [-0.3, -0.25) is 9.78 Å². The number of hydrogen-bond donors (Lipinski definition) is 1. The van der Waals surface area contributed by atoms with Crippen LogP contribution in [0, 0.1) is 13.8 Å². The summed E-state index contributed by atoms with van der Waals surface area (Å²) in [5.74, 6) is 0.390. The molecule has 2 aromatic carbocycles. The summed E-state index contributed by atoms with van der Waals surface area (Å²) in [5.41, 5.74) is 3.26. The summed E-state index contributed by atoms with van der Waals surface area (Å²) >= 11 is 6.17. The normalized spacial score (nSPS) is 12.0. The Hall–Kier alpha value is -2.59. The van der Waals surface area contributed by atoms with Gasteiger partial charge in [-0.25, -0.2) is 0 Å². The molecule has 4 nitrogen and oxygen atoms in total. The molecule has 1 amide bonds. The third kappa shape index (κ3) is 3.74. The fraction of sp³-hybridized carbons (Fsp3) is 0.200. The number of para-hydroxylation sites is 1. The van der Waals surface area contributed by atoms with Crippen molar-refractivity contribution in [3.05, 3.63) is 64.8 Å². The van der Waals surface area contributed by atoms with Gasteiger partial charge in [0, 0.05) is 16.6 Å². The average molecular weight is 355 g/mol. The number of amides is 1. The SMILES string of the molecule is Cc1cc(OC(C)C(=O)Nc2cccc3cccnc23)cc(C)c1Cl. The molecule has 0 aliphatic carbocycles. The minimum Gasteiger partial charge on any atom is -0.481 e. The van der Waals surface area contributed by atoms with Gasteiger partial charge >= 0.3 is 0 Å². The summed E-state index contributed by atoms with van der Waals surface area (Å²) in [6.07, 6.45) is 1.05. The number of nitrogens with zero attached hydrogens (tertiary/aromatic N) is 1. The van der Waals surface area contributed by atoms with Gasteiger partial charge in [0.15, 0.2) is 6.10 Å². The Morgan fingerprint density at radius 3 is 2.56 bits per heavy atom. The quantitative estimate of drug-likeness (QED) is 0.724. The predicted molar refractivity (Wildman–Crippen MR) is 101 cm³/mol. The second kappa shape index (κ2) is 7.11. The third-order valence-electron chi connectivity index (χ3n) is 3.98. The Morgan fingerprint density at radius 2 is 1.84 bits per heavy atom. The van der Waals surface area contributed by atoms with Crippen molar-refractivity contribution >= 4 is 34.1 Å². The molecule has 25 heavy (non-hydrogen) atoms. The van der Waals surface area contributed by atoms with Crippen LogP contribution in [0.25, 0.3) is 10.9 Å². The van der Waals surface area contributed by atoms with Crippen molar-refractivity contribution in [1.82, 2.24) is 4.98 Å². The van der Waals surface area contributed by atoms with Crippen LogP contribution in [-0.2, 0) is 4.79 Å². The summed E-state index contributed by atoms with van der Waals surface area (Å²) in [5, 5.41) is 4.58. The van der Waals surface area contributed by atoms with Gasteiger partial charge in [-0.05, 0) is 56.2 Å². The maximum Gasteiger partial charge on any atom is 0.265 e. The first-order chi connectivity index (χ1) is 12.0. The molecule has 1 atom stereocenters. The van der Waals surface area contributed by atoms with E-state index >= 15 is 0 Å². The first-order valence-electron chi connectivity index (χ1n) is 8.03. The number of benzene rings is 2. The van der Waals surface area contributed by atoms with Gasteiger partial charge in [-0.15, -0.1) is 0 Å². The van der Waals surface area contributed by atoms with Crippen molar-refractivity contribution in [3.63, 3.8) is 0 Å². The Balaban J connectivity index is 1.77. The van der Waals surface area contributed by atoms with E-state index in [1.165, 1.54) is 0 Å². The Bertz CT molecular complexity index is 912. The Kier molecular flexibility index (Phi) is 4.91. The number of aromatic nitrogens is 1. The molecule has 0 radical (unpaired) electrons. The van der Waals surface area contributed by atoms with Crippen molar-refractivity contribution in [1.29, 1.82) is 0 Å². The summed E-state index contributed by atoms with van der Waals surface area (Å²) in [6.45, 7) is 5.54. The number of aryl methyl sites for hydroxylation is 2. The fourth-order valence-electron chi connectivity index (χ4n) is 2.67. The van der Waals surface area contributed by atoms with E-state index in [0.717, 1.165) is 22.0 Å². The largest absolute Gasteiger partial charge is 0.481 e. The molecule has 0 aliphatic rings. The van der Waals surface area contributed by atoms with Crippen LogP contribution in [0.15, 0.2) is 48.7 Å². The lowest BCUT2D eigenvalue weighted by atomic mass is 10.1. The third-order valence-corrected chi connectivity index (χ3v) is 4.58. The van der Waals surface area contributed by atoms with Gasteiger partial charge in [0.2, 0.25) is 0 Å². The van der Waals surface area contributed by atoms with E-state index in [2.05, 4.69) is 10.3 Å². The molecule has 0 spiro atoms. The second-order valence-electron chi connectivity index (χ2n) is 6.00. The fourth-order valence-corrected chi connectivity index (χ4v) is 2.78. The van der Waals surface area contributed by atoms with Crippen molar-refractivity contribution < 1.29 is 9.53 Å². The van der Waals surface area contributed by atoms with E-state index < -0.39 is 6.10 Å². The number of carbonyl (C=O) groups excluding carboxylic acids is 1. The first-order valence-corrected chi connectivity index (χ1v) is 8.41. The van der Waals surface area contributed by atoms with E-state index in [0.29, 0.717) is 16.5 Å². The number of ether oxygens (including phenoxy) is 1. The summed E-state index contributed by atoms with van der Waals surface area (Å²) in [4.78, 5) is 16.8. The molecular formula is C20H19ClN2O2. The maximum absolute atomic E-state index is 12.5. The zero-order valence-corrected chi connectivity index (χ0v) is 15.1. The standard InChI is InChI=1S/C20H19ClN2O2/c1-12-10-16(11-13(2)18(12)21)25-14(3)20(24)23-17-8-4-6-15-7-5-9-22-19(15)17/h4-11,14H,1-3H3,(H,23,24). The monoisotopic (exact) mass is 354 g/mol. The van der Waals surface area contributed by atoms with E-state index in [4.69, 9.17) is 16.3 Å². The Morgan fingerprint density at radius 1 is 1.16 bits per heavy atom. The van der Waals surface area contributed by atoms with Crippen molar-refractivity contribution in [2.75, 3.05) is 5.32 Å². The lowest BCUT2D eigenvalue weighted by molar-refractivity contribution is -0.122. The number of fused-ring (bicyclic) bond motifs is 1. The zero-order chi connectivity index (χ0) is 18.0. The summed E-state index contributed by atoms with van der Waals surface area (Å²) < 4.78 is 5.79. The number of nitrogens with one attached hydrogen (secondary N) is 1. The first kappa shape index (κ1) is 17.2. The lowest BCUT2D eigenvalue weighted by Crippen LogP contribution is -2.30. The molecule has 0 saturated carbocycles. The minimum absolute atomic E-state index is 0.233. The number of pyridine rings is 1. The number of anilines is 1. The summed E-state index contributed by atoms with van der Waals surface area (Å²) in [7, 11) is 0. The van der Waals surface area contributed by atoms with Crippen LogP contribution in [-0.4, -0.2) is 17.0 Å². The van der Waals surface area contributed by atoms with Crippen LogP contribution in [0.1, 0.15) is 18.1 Å². The lowest BCUT2D eigenvalue weighted by Gasteiger charge is -2.16. The van der Waals surface area contributed by atoms with Crippen molar-refractivity contribution in [3.8, 4) is 5.75 Å². The maximum atomic E-state index is 12.5. The van der Waals surface area contributed by atoms with Crippen LogP contribution < -0.4 is 10.1 Å². The van der Waals surface area contributed by atoms with Gasteiger partial charge in [-0.2, -0.15) is 0 Å². The van der Waals surface area contributed by atoms with Gasteiger partial charge in [-0.1, -0.05) is 29.8 Å². The zero-order valence-electron chi connectivity index (χ0n) is 14.3. The van der Waals surface area contributed by atoms with Crippen LogP contribution in [0.5, 0.6) is 5.75 Å². The second-order valence-corrected chi connectivity index (χ2v) is 6.38. The molecule has 128 valence electrons. The van der Waals surface area contributed by atoms with E-state index in [9.17, 15) is 4.79 Å². The molecule has 0 saturated heterocycles. The smallest absolute Gasteiger partial charge is 0.265 e. The van der Waals surface area contributed by atoms with Crippen molar-refractivity contribution in [2.45, 2.75) is 26.9 Å². The molecular weight excluding hydrogens is 336 g/mol. The van der Waals surface area contributed by atoms with Crippen LogP contribution in [0.3, 0.4) is 0 Å². The molecule has 3 rings (SSSR count). The molecule has 1 heterocycles. The molecule has 0 aliphatic heterocycles. The molecule has 3 aromatic rings. The molecule has 0 fully saturated rings. The highest BCUT2D eigenvalue weighted by Crippen LogP contribution is 2.27. The average Bonchev–Trinajstić information content (AvgIpc) is 2.60. The Labute approximate surface area is 151 Å². The number of halogens is 1. The van der Waals surface area contributed by atoms with E-state index in [-0.39, 0.29) is 5.91 Å². The van der Waals surface area contributed by atoms with Gasteiger partial charge in [0.1, 0.15) is 5.75 Å². The minimum atomic E-state index is -0.654. The molecule has 1 N–H and O–H groups in total. The van der Waals surface area contributed by atoms with Gasteiger partial charge < -0.3 is 10.1 Å². The van der Waals surface area contributed by atoms with Gasteiger partial charge in [0.25, 0.3) is 5.91 Å². The van der Waals surface area contributed by atoms with Gasteiger partial charge in [0.05, 0.1) is 11.2 Å². The number of carbonyl (C=O) groups is 1. The molecule has 5 heteroatoms. The van der Waals surface area contributed by atoms with Crippen LogP contribution >= 0.6 is 11.6 Å². The topological polar surface area (TPSA) is 51.2 Å². The highest BCUT2D eigenvalue weighted by Gasteiger charge is 2.17. The molecule has 0 bridgehead atoms. The molecule has 1 unspecified atom stereocenters. The van der Waals surface area contributed by atoms with E-state index in [1.54, 1.807) is 13.1 Å². The predicted octanol–water partition coefficient (Wildman–Crippen LogP) is 4.91. The van der Waals surface area contributed by atoms with Crippen molar-refractivity contribution in [2.24, 2.45) is 0 Å². The molecule has 1 aromatic heterocycles. The highest BCUT2D eigenvalue weighted by molar-refractivity contribution is 6.32. The highest BCUT2D eigenvalue weighted by atomic mass is 35.5. The summed E-state index contributed by atoms with van der Waals surface area (Å²) in [6, 6.07) is 13.2. The van der Waals surface area contributed by atoms with Crippen LogP contribution in [0.2, 0.25) is 5.02 Å². The number of rotatable bonds is 4. The number of hydrogen-bond acceptors (Lipinski definition) is 3. The van der Waals surface area contributed by atoms with Crippen LogP contribution in [0.4, 0.5) is 5.69 Å². The van der Waals surface area contributed by atoms with E-state index in [1.807, 2.05) is 56.3 Å².